The minimum Gasteiger partial charge on any atom is -0.480 e. The summed E-state index contributed by atoms with van der Waals surface area (Å²) < 4.78 is 0. The predicted octanol–water partition coefficient (Wildman–Crippen LogP) is 2.19. The highest BCUT2D eigenvalue weighted by molar-refractivity contribution is 5.83. The van der Waals surface area contributed by atoms with Crippen LogP contribution < -0.4 is 0 Å². The van der Waals surface area contributed by atoms with E-state index in [9.17, 15) is 14.7 Å². The zero-order valence-electron chi connectivity index (χ0n) is 11.8. The van der Waals surface area contributed by atoms with Crippen LogP contribution in [0.1, 0.15) is 33.1 Å². The van der Waals surface area contributed by atoms with E-state index in [2.05, 4.69) is 6.58 Å². The lowest BCUT2D eigenvalue weighted by Gasteiger charge is -2.39. The lowest BCUT2D eigenvalue weighted by Crippen LogP contribution is -2.56. The molecule has 19 heavy (non-hydrogen) atoms. The van der Waals surface area contributed by atoms with E-state index in [0.717, 1.165) is 19.3 Å². The highest BCUT2D eigenvalue weighted by Gasteiger charge is 2.38. The van der Waals surface area contributed by atoms with Crippen LogP contribution in [0.5, 0.6) is 0 Å². The maximum atomic E-state index is 12.5. The van der Waals surface area contributed by atoms with Gasteiger partial charge < -0.3 is 14.9 Å². The molecule has 5 heteroatoms. The maximum Gasteiger partial charge on any atom is 0.326 e. The molecule has 0 aromatic heterocycles. The Morgan fingerprint density at radius 1 is 1.53 bits per heavy atom. The molecule has 1 heterocycles. The third-order valence-electron chi connectivity index (χ3n) is 3.55. The van der Waals surface area contributed by atoms with Crippen molar-refractivity contribution in [2.45, 2.75) is 39.2 Å². The van der Waals surface area contributed by atoms with Crippen molar-refractivity contribution in [2.24, 2.45) is 5.92 Å². The molecule has 2 unspecified atom stereocenters. The van der Waals surface area contributed by atoms with Gasteiger partial charge in [-0.3, -0.25) is 0 Å². The smallest absolute Gasteiger partial charge is 0.326 e. The van der Waals surface area contributed by atoms with Crippen LogP contribution in [0, 0.1) is 5.92 Å². The molecule has 108 valence electrons. The minimum atomic E-state index is -0.907. The van der Waals surface area contributed by atoms with Crippen LogP contribution in [0.25, 0.3) is 0 Å². The Balaban J connectivity index is 2.86. The van der Waals surface area contributed by atoms with Crippen molar-refractivity contribution in [3.05, 3.63) is 12.7 Å². The summed E-state index contributed by atoms with van der Waals surface area (Å²) >= 11 is 0. The number of nitrogens with zero attached hydrogens (tertiary/aromatic N) is 2. The van der Waals surface area contributed by atoms with Crippen molar-refractivity contribution in [3.63, 3.8) is 0 Å². The number of likely N-dealkylation sites (tertiary alicyclic amines) is 1. The third kappa shape index (κ3) is 3.72. The van der Waals surface area contributed by atoms with Gasteiger partial charge in [-0.05, 0) is 25.2 Å². The summed E-state index contributed by atoms with van der Waals surface area (Å²) in [6, 6.07) is -0.883. The Morgan fingerprint density at radius 2 is 2.21 bits per heavy atom. The Kier molecular flexibility index (Phi) is 5.86. The molecule has 0 saturated carbocycles. The molecule has 2 amide bonds. The number of amides is 2. The highest BCUT2D eigenvalue weighted by atomic mass is 16.4. The Bertz CT molecular complexity index is 344. The van der Waals surface area contributed by atoms with Gasteiger partial charge in [0.25, 0.3) is 0 Å². The lowest BCUT2D eigenvalue weighted by atomic mass is 9.91. The average molecular weight is 268 g/mol. The van der Waals surface area contributed by atoms with Crippen molar-refractivity contribution in [3.8, 4) is 0 Å². The van der Waals surface area contributed by atoms with Crippen LogP contribution in [0.3, 0.4) is 0 Å². The molecule has 1 rings (SSSR count). The van der Waals surface area contributed by atoms with Crippen molar-refractivity contribution in [1.82, 2.24) is 9.80 Å². The van der Waals surface area contributed by atoms with Gasteiger partial charge in [-0.2, -0.15) is 0 Å². The number of urea groups is 1. The van der Waals surface area contributed by atoms with Gasteiger partial charge in [0.1, 0.15) is 6.04 Å². The Labute approximate surface area is 114 Å². The van der Waals surface area contributed by atoms with E-state index >= 15 is 0 Å². The standard InChI is InChI=1S/C14H24N2O3/c1-4-8-15(9-5-2)14(19)16-10-6-7-11(3)12(16)13(17)18/h4,11-12H,1,5-10H2,2-3H3,(H,17,18). The van der Waals surface area contributed by atoms with E-state index < -0.39 is 12.0 Å². The van der Waals surface area contributed by atoms with Gasteiger partial charge in [-0.25, -0.2) is 9.59 Å². The quantitative estimate of drug-likeness (QED) is 0.777. The number of rotatable bonds is 5. The molecular formula is C14H24N2O3. The summed E-state index contributed by atoms with van der Waals surface area (Å²) in [5.74, 6) is -0.905. The predicted molar refractivity (Wildman–Crippen MR) is 74.0 cm³/mol. The SMILES string of the molecule is C=CCN(CCC)C(=O)N1CCCC(C)C1C(=O)O. The molecule has 2 atom stereocenters. The number of carbonyl (C=O) groups is 2. The molecule has 0 aromatic rings. The Hall–Kier alpha value is -1.52. The fourth-order valence-electron chi connectivity index (χ4n) is 2.65. The van der Waals surface area contributed by atoms with E-state index in [0.29, 0.717) is 19.6 Å². The lowest BCUT2D eigenvalue weighted by molar-refractivity contribution is -0.145. The first-order valence-electron chi connectivity index (χ1n) is 6.92. The van der Waals surface area contributed by atoms with Gasteiger partial charge in [0.15, 0.2) is 0 Å². The molecule has 1 saturated heterocycles. The van der Waals surface area contributed by atoms with Crippen molar-refractivity contribution in [1.29, 1.82) is 0 Å². The van der Waals surface area contributed by atoms with Crippen LogP contribution in [-0.2, 0) is 4.79 Å². The van der Waals surface area contributed by atoms with Gasteiger partial charge in [-0.15, -0.1) is 6.58 Å². The topological polar surface area (TPSA) is 60.9 Å². The summed E-state index contributed by atoms with van der Waals surface area (Å²) in [4.78, 5) is 27.0. The number of hydrogen-bond acceptors (Lipinski definition) is 2. The molecule has 0 aliphatic carbocycles. The van der Waals surface area contributed by atoms with E-state index in [4.69, 9.17) is 0 Å². The van der Waals surface area contributed by atoms with Crippen LogP contribution in [-0.4, -0.2) is 52.6 Å². The summed E-state index contributed by atoms with van der Waals surface area (Å²) in [6.45, 7) is 9.16. The van der Waals surface area contributed by atoms with Crippen molar-refractivity contribution in [2.75, 3.05) is 19.6 Å². The van der Waals surface area contributed by atoms with Gasteiger partial charge in [0.05, 0.1) is 0 Å². The fraction of sp³-hybridized carbons (Fsp3) is 0.714. The second-order valence-electron chi connectivity index (χ2n) is 5.11. The molecule has 1 aliphatic heterocycles. The second kappa shape index (κ2) is 7.16. The van der Waals surface area contributed by atoms with Crippen LogP contribution in [0.4, 0.5) is 4.79 Å². The summed E-state index contributed by atoms with van der Waals surface area (Å²) in [6.07, 6.45) is 4.25. The molecule has 0 radical (unpaired) electrons. The zero-order valence-corrected chi connectivity index (χ0v) is 11.8. The molecule has 1 N–H and O–H groups in total. The summed E-state index contributed by atoms with van der Waals surface area (Å²) in [5, 5.41) is 9.34. The van der Waals surface area contributed by atoms with Gasteiger partial charge in [0.2, 0.25) is 0 Å². The minimum absolute atomic E-state index is 0.00223. The monoisotopic (exact) mass is 268 g/mol. The summed E-state index contributed by atoms with van der Waals surface area (Å²) in [5.41, 5.74) is 0. The molecular weight excluding hydrogens is 244 g/mol. The number of carboxylic acids is 1. The van der Waals surface area contributed by atoms with Gasteiger partial charge in [0, 0.05) is 19.6 Å². The Morgan fingerprint density at radius 3 is 2.74 bits per heavy atom. The largest absolute Gasteiger partial charge is 0.480 e. The van der Waals surface area contributed by atoms with E-state index in [1.165, 1.54) is 4.90 Å². The van der Waals surface area contributed by atoms with Gasteiger partial charge in [-0.1, -0.05) is 19.9 Å². The summed E-state index contributed by atoms with van der Waals surface area (Å²) in [7, 11) is 0. The van der Waals surface area contributed by atoms with E-state index in [-0.39, 0.29) is 11.9 Å². The second-order valence-corrected chi connectivity index (χ2v) is 5.11. The molecule has 0 bridgehead atoms. The average Bonchev–Trinajstić information content (AvgIpc) is 2.37. The number of carboxylic acid groups (broad SMARTS) is 1. The zero-order chi connectivity index (χ0) is 14.4. The maximum absolute atomic E-state index is 12.5. The number of piperidine rings is 1. The molecule has 5 nitrogen and oxygen atoms in total. The molecule has 0 aromatic carbocycles. The van der Waals surface area contributed by atoms with E-state index in [1.54, 1.807) is 11.0 Å². The molecule has 1 aliphatic rings. The normalized spacial score (nSPS) is 22.9. The van der Waals surface area contributed by atoms with Gasteiger partial charge >= 0.3 is 12.0 Å². The third-order valence-corrected chi connectivity index (χ3v) is 3.55. The van der Waals surface area contributed by atoms with Crippen LogP contribution >= 0.6 is 0 Å². The van der Waals surface area contributed by atoms with Crippen LogP contribution in [0.2, 0.25) is 0 Å². The molecule has 1 fully saturated rings. The van der Waals surface area contributed by atoms with Crippen LogP contribution in [0.15, 0.2) is 12.7 Å². The first-order valence-corrected chi connectivity index (χ1v) is 6.92. The number of carbonyl (C=O) groups excluding carboxylic acids is 1. The number of hydrogen-bond donors (Lipinski definition) is 1. The first kappa shape index (κ1) is 15.5. The number of aliphatic carboxylic acids is 1. The molecule has 0 spiro atoms. The highest BCUT2D eigenvalue weighted by Crippen LogP contribution is 2.24. The van der Waals surface area contributed by atoms with Crippen molar-refractivity contribution >= 4 is 12.0 Å². The first-order chi connectivity index (χ1) is 9.02. The van der Waals surface area contributed by atoms with E-state index in [1.807, 2.05) is 13.8 Å². The van der Waals surface area contributed by atoms with Crippen molar-refractivity contribution < 1.29 is 14.7 Å². The fourth-order valence-corrected chi connectivity index (χ4v) is 2.65.